The quantitative estimate of drug-likeness (QED) is 0.443. The van der Waals surface area contributed by atoms with Crippen LogP contribution in [0.2, 0.25) is 0 Å². The van der Waals surface area contributed by atoms with Crippen molar-refractivity contribution in [3.63, 3.8) is 0 Å². The van der Waals surface area contributed by atoms with Crippen molar-refractivity contribution in [2.24, 2.45) is 0 Å². The molecule has 0 radical (unpaired) electrons. The first-order valence-corrected chi connectivity index (χ1v) is 11.2. The van der Waals surface area contributed by atoms with Gasteiger partial charge in [-0.3, -0.25) is 4.79 Å². The molecule has 36 heavy (non-hydrogen) atoms. The Bertz CT molecular complexity index is 1230. The van der Waals surface area contributed by atoms with E-state index >= 15 is 0 Å². The summed E-state index contributed by atoms with van der Waals surface area (Å²) in [6, 6.07) is 7.84. The molecule has 4 rings (SSSR count). The maximum absolute atomic E-state index is 13.6. The second-order valence-electron chi connectivity index (χ2n) is 8.57. The van der Waals surface area contributed by atoms with Crippen LogP contribution in [0.15, 0.2) is 48.7 Å². The van der Waals surface area contributed by atoms with Crippen LogP contribution in [0, 0.1) is 17.5 Å². The van der Waals surface area contributed by atoms with Gasteiger partial charge in [-0.25, -0.2) is 17.9 Å². The standard InChI is InChI=1S/C24H25F3N4O5/c1-30(20(33)8-6-13-5-7-16(26)17(27)9-13)24-23(35)21(22(34)19(12-32)36-24)31-11-18(28-29-31)14-3-2-4-15(25)10-14/h2-5,7,9-11,19,21-24,32,34-35H,6,8,12H2,1H3/t19?,21?,22-,23?,24+/m0/s1. The first kappa shape index (κ1) is 25.8. The highest BCUT2D eigenvalue weighted by Crippen LogP contribution is 2.32. The molecule has 9 nitrogen and oxygen atoms in total. The van der Waals surface area contributed by atoms with Gasteiger partial charge in [0.05, 0.1) is 12.8 Å². The fourth-order valence-corrected chi connectivity index (χ4v) is 4.18. The van der Waals surface area contributed by atoms with E-state index < -0.39 is 60.5 Å². The summed E-state index contributed by atoms with van der Waals surface area (Å²) in [4.78, 5) is 13.9. The van der Waals surface area contributed by atoms with Crippen LogP contribution in [-0.4, -0.2) is 79.3 Å². The number of aliphatic hydroxyl groups excluding tert-OH is 3. The van der Waals surface area contributed by atoms with Gasteiger partial charge >= 0.3 is 0 Å². The van der Waals surface area contributed by atoms with Gasteiger partial charge in [-0.05, 0) is 36.2 Å². The van der Waals surface area contributed by atoms with Gasteiger partial charge in [-0.2, -0.15) is 0 Å². The largest absolute Gasteiger partial charge is 0.394 e. The number of ether oxygens (including phenoxy) is 1. The molecule has 12 heteroatoms. The van der Waals surface area contributed by atoms with Gasteiger partial charge in [0.2, 0.25) is 5.91 Å². The lowest BCUT2D eigenvalue weighted by Crippen LogP contribution is -2.61. The van der Waals surface area contributed by atoms with E-state index in [9.17, 15) is 33.3 Å². The fraction of sp³-hybridized carbons (Fsp3) is 0.375. The zero-order chi connectivity index (χ0) is 26.0. The van der Waals surface area contributed by atoms with Crippen molar-refractivity contribution in [3.8, 4) is 11.3 Å². The summed E-state index contributed by atoms with van der Waals surface area (Å²) in [5.74, 6) is -2.96. The number of amides is 1. The second-order valence-corrected chi connectivity index (χ2v) is 8.57. The molecule has 1 amide bonds. The van der Waals surface area contributed by atoms with Crippen LogP contribution < -0.4 is 0 Å². The first-order chi connectivity index (χ1) is 17.2. The monoisotopic (exact) mass is 506 g/mol. The van der Waals surface area contributed by atoms with Crippen molar-refractivity contribution in [2.75, 3.05) is 13.7 Å². The number of nitrogens with zero attached hydrogens (tertiary/aromatic N) is 4. The lowest BCUT2D eigenvalue weighted by molar-refractivity contribution is -0.241. The van der Waals surface area contributed by atoms with Crippen molar-refractivity contribution in [1.29, 1.82) is 0 Å². The number of halogens is 3. The molecule has 0 aliphatic carbocycles. The smallest absolute Gasteiger partial charge is 0.224 e. The molecule has 3 aromatic rings. The van der Waals surface area contributed by atoms with Crippen molar-refractivity contribution < 1.29 is 38.0 Å². The van der Waals surface area contributed by atoms with Crippen LogP contribution >= 0.6 is 0 Å². The van der Waals surface area contributed by atoms with Crippen LogP contribution in [0.5, 0.6) is 0 Å². The number of aliphatic hydroxyl groups is 3. The number of aromatic nitrogens is 3. The van der Waals surface area contributed by atoms with E-state index in [1.54, 1.807) is 6.07 Å². The molecule has 0 spiro atoms. The summed E-state index contributed by atoms with van der Waals surface area (Å²) in [6.07, 6.45) is -3.90. The Morgan fingerprint density at radius 1 is 1.11 bits per heavy atom. The summed E-state index contributed by atoms with van der Waals surface area (Å²) >= 11 is 0. The molecule has 1 aromatic heterocycles. The SMILES string of the molecule is CN(C(=O)CCc1ccc(F)c(F)c1)[C@@H]1OC(CO)[C@H](O)C(n2cc(-c3cccc(F)c3)nn2)C1O. The molecular formula is C24H25F3N4O5. The average Bonchev–Trinajstić information content (AvgIpc) is 3.34. The van der Waals surface area contributed by atoms with E-state index in [-0.39, 0.29) is 18.5 Å². The van der Waals surface area contributed by atoms with Gasteiger partial charge in [-0.1, -0.05) is 23.4 Å². The Kier molecular flexibility index (Phi) is 7.69. The molecule has 0 saturated carbocycles. The Labute approximate surface area is 204 Å². The van der Waals surface area contributed by atoms with Crippen molar-refractivity contribution in [3.05, 3.63) is 71.7 Å². The Morgan fingerprint density at radius 3 is 2.58 bits per heavy atom. The number of aryl methyl sites for hydroxylation is 1. The fourth-order valence-electron chi connectivity index (χ4n) is 4.18. The highest BCUT2D eigenvalue weighted by Gasteiger charge is 2.48. The molecule has 1 aliphatic rings. The predicted octanol–water partition coefficient (Wildman–Crippen LogP) is 1.43. The minimum Gasteiger partial charge on any atom is -0.394 e. The Balaban J connectivity index is 1.52. The molecule has 2 heterocycles. The third kappa shape index (κ3) is 5.26. The van der Waals surface area contributed by atoms with Gasteiger partial charge in [0.15, 0.2) is 17.9 Å². The summed E-state index contributed by atoms with van der Waals surface area (Å²) in [6.45, 7) is -0.608. The van der Waals surface area contributed by atoms with Crippen molar-refractivity contribution >= 4 is 5.91 Å². The molecule has 192 valence electrons. The number of carbonyl (C=O) groups excluding carboxylic acids is 1. The normalized spacial score (nSPS) is 24.0. The van der Waals surface area contributed by atoms with Crippen molar-refractivity contribution in [1.82, 2.24) is 19.9 Å². The summed E-state index contributed by atoms with van der Waals surface area (Å²) < 4.78 is 47.0. The lowest BCUT2D eigenvalue weighted by Gasteiger charge is -2.45. The molecule has 1 saturated heterocycles. The molecule has 3 N–H and O–H groups in total. The maximum Gasteiger partial charge on any atom is 0.224 e. The molecule has 3 unspecified atom stereocenters. The average molecular weight is 506 g/mol. The number of hydrogen-bond acceptors (Lipinski definition) is 7. The van der Waals surface area contributed by atoms with E-state index in [4.69, 9.17) is 4.74 Å². The van der Waals surface area contributed by atoms with E-state index in [0.717, 1.165) is 17.0 Å². The van der Waals surface area contributed by atoms with Gasteiger partial charge in [0, 0.05) is 19.0 Å². The van der Waals surface area contributed by atoms with Crippen molar-refractivity contribution in [2.45, 2.75) is 43.4 Å². The molecule has 1 fully saturated rings. The second kappa shape index (κ2) is 10.7. The van der Waals surface area contributed by atoms with Crippen LogP contribution in [-0.2, 0) is 16.0 Å². The predicted molar refractivity (Wildman–Crippen MR) is 120 cm³/mol. The topological polar surface area (TPSA) is 121 Å². The third-order valence-electron chi connectivity index (χ3n) is 6.19. The lowest BCUT2D eigenvalue weighted by atomic mass is 9.94. The van der Waals surface area contributed by atoms with Crippen LogP contribution in [0.25, 0.3) is 11.3 Å². The highest BCUT2D eigenvalue weighted by molar-refractivity contribution is 5.76. The summed E-state index contributed by atoms with van der Waals surface area (Å²) in [5.41, 5.74) is 1.13. The van der Waals surface area contributed by atoms with E-state index in [2.05, 4.69) is 10.3 Å². The highest BCUT2D eigenvalue weighted by atomic mass is 19.2. The number of carbonyl (C=O) groups is 1. The Hall–Kier alpha value is -3.32. The van der Waals surface area contributed by atoms with Crippen LogP contribution in [0.1, 0.15) is 18.0 Å². The zero-order valence-electron chi connectivity index (χ0n) is 19.2. The van der Waals surface area contributed by atoms with E-state index in [0.29, 0.717) is 11.1 Å². The molecule has 1 aliphatic heterocycles. The first-order valence-electron chi connectivity index (χ1n) is 11.2. The number of rotatable bonds is 7. The maximum atomic E-state index is 13.6. The van der Waals surface area contributed by atoms with Crippen LogP contribution in [0.3, 0.4) is 0 Å². The summed E-state index contributed by atoms with van der Waals surface area (Å²) in [5, 5.41) is 39.5. The molecule has 5 atom stereocenters. The van der Waals surface area contributed by atoms with E-state index in [1.165, 1.54) is 42.2 Å². The molecular weight excluding hydrogens is 481 g/mol. The Morgan fingerprint density at radius 2 is 1.89 bits per heavy atom. The van der Waals surface area contributed by atoms with Crippen LogP contribution in [0.4, 0.5) is 13.2 Å². The number of hydrogen-bond donors (Lipinski definition) is 3. The minimum atomic E-state index is -1.48. The number of benzene rings is 2. The molecule has 2 aromatic carbocycles. The number of likely N-dealkylation sites (N-methyl/N-ethyl adjacent to an activating group) is 1. The third-order valence-corrected chi connectivity index (χ3v) is 6.19. The minimum absolute atomic E-state index is 0.0990. The van der Waals surface area contributed by atoms with Gasteiger partial charge in [0.1, 0.15) is 35.9 Å². The van der Waals surface area contributed by atoms with E-state index in [1.807, 2.05) is 0 Å². The zero-order valence-corrected chi connectivity index (χ0v) is 19.2. The van der Waals surface area contributed by atoms with Gasteiger partial charge in [-0.15, -0.1) is 5.10 Å². The van der Waals surface area contributed by atoms with Gasteiger partial charge in [0.25, 0.3) is 0 Å². The van der Waals surface area contributed by atoms with Gasteiger partial charge < -0.3 is 25.0 Å². The summed E-state index contributed by atoms with van der Waals surface area (Å²) in [7, 11) is 1.38. The molecule has 0 bridgehead atoms.